The van der Waals surface area contributed by atoms with E-state index in [0.29, 0.717) is 24.9 Å². The van der Waals surface area contributed by atoms with Crippen molar-refractivity contribution in [1.82, 2.24) is 25.5 Å². The van der Waals surface area contributed by atoms with Crippen LogP contribution in [0.5, 0.6) is 11.5 Å². The summed E-state index contributed by atoms with van der Waals surface area (Å²) >= 11 is 2.98. The van der Waals surface area contributed by atoms with Gasteiger partial charge in [-0.15, -0.1) is 16.4 Å². The third-order valence-electron chi connectivity index (χ3n) is 4.83. The van der Waals surface area contributed by atoms with Crippen LogP contribution in [0.25, 0.3) is 0 Å². The maximum Gasteiger partial charge on any atom is 0.230 e. The van der Waals surface area contributed by atoms with Crippen LogP contribution < -0.4 is 14.8 Å². The van der Waals surface area contributed by atoms with Crippen molar-refractivity contribution in [2.75, 3.05) is 19.0 Å². The van der Waals surface area contributed by atoms with E-state index in [0.717, 1.165) is 28.4 Å². The number of hydrogen-bond acceptors (Lipinski definition) is 8. The molecule has 1 N–H and O–H groups in total. The Balaban J connectivity index is 1.39. The molecule has 0 spiro atoms. The first-order valence-electron chi connectivity index (χ1n) is 10.2. The second-order valence-electron chi connectivity index (χ2n) is 7.53. The van der Waals surface area contributed by atoms with E-state index in [9.17, 15) is 4.79 Å². The molecular weight excluding hydrogens is 434 g/mol. The summed E-state index contributed by atoms with van der Waals surface area (Å²) < 4.78 is 13.2. The van der Waals surface area contributed by atoms with Crippen LogP contribution in [-0.4, -0.2) is 45.1 Å². The van der Waals surface area contributed by atoms with Gasteiger partial charge >= 0.3 is 0 Å². The Morgan fingerprint density at radius 1 is 1.26 bits per heavy atom. The van der Waals surface area contributed by atoms with Crippen LogP contribution in [0.1, 0.15) is 36.8 Å². The van der Waals surface area contributed by atoms with E-state index in [1.54, 1.807) is 16.0 Å². The first-order chi connectivity index (χ1) is 15.1. The van der Waals surface area contributed by atoms with Crippen LogP contribution >= 0.6 is 23.1 Å². The molecule has 4 rings (SSSR count). The minimum atomic E-state index is -0.132. The first-order valence-corrected chi connectivity index (χ1v) is 12.1. The van der Waals surface area contributed by atoms with Gasteiger partial charge in [0.15, 0.2) is 11.5 Å². The summed E-state index contributed by atoms with van der Waals surface area (Å²) in [5, 5.41) is 17.6. The van der Waals surface area contributed by atoms with Gasteiger partial charge in [-0.2, -0.15) is 0 Å². The zero-order valence-electron chi connectivity index (χ0n) is 17.5. The number of hydrogen-bond donors (Lipinski definition) is 1. The first kappa shape index (κ1) is 21.6. The molecule has 1 aliphatic rings. The minimum Gasteiger partial charge on any atom is -0.490 e. The summed E-state index contributed by atoms with van der Waals surface area (Å²) in [7, 11) is 0. The van der Waals surface area contributed by atoms with Gasteiger partial charge in [0.1, 0.15) is 0 Å². The van der Waals surface area contributed by atoms with Gasteiger partial charge in [-0.05, 0) is 45.5 Å². The fourth-order valence-electron chi connectivity index (χ4n) is 3.30. The Bertz CT molecular complexity index is 1010. The monoisotopic (exact) mass is 459 g/mol. The number of tetrazole rings is 1. The van der Waals surface area contributed by atoms with E-state index >= 15 is 0 Å². The number of amides is 1. The van der Waals surface area contributed by atoms with Crippen molar-refractivity contribution in [1.29, 1.82) is 0 Å². The molecule has 0 bridgehead atoms. The average Bonchev–Trinajstić information content (AvgIpc) is 3.37. The second kappa shape index (κ2) is 10.1. The van der Waals surface area contributed by atoms with Crippen LogP contribution in [0.4, 0.5) is 0 Å². The van der Waals surface area contributed by atoms with Gasteiger partial charge in [0.05, 0.1) is 31.6 Å². The summed E-state index contributed by atoms with van der Waals surface area (Å²) in [6.45, 7) is 6.05. The van der Waals surface area contributed by atoms with Crippen molar-refractivity contribution in [3.05, 3.63) is 46.2 Å². The molecule has 164 valence electrons. The lowest BCUT2D eigenvalue weighted by Gasteiger charge is -2.23. The van der Waals surface area contributed by atoms with Gasteiger partial charge in [0, 0.05) is 11.3 Å². The highest BCUT2D eigenvalue weighted by Gasteiger charge is 2.22. The quantitative estimate of drug-likeness (QED) is 0.515. The number of nitrogens with one attached hydrogen (secondary N) is 1. The zero-order chi connectivity index (χ0) is 21.6. The summed E-state index contributed by atoms with van der Waals surface area (Å²) in [4.78, 5) is 13.9. The van der Waals surface area contributed by atoms with Crippen molar-refractivity contribution < 1.29 is 14.3 Å². The molecule has 1 aliphatic heterocycles. The lowest BCUT2D eigenvalue weighted by Crippen LogP contribution is -2.33. The second-order valence-corrected chi connectivity index (χ2v) is 9.51. The van der Waals surface area contributed by atoms with Crippen LogP contribution in [0.2, 0.25) is 0 Å². The van der Waals surface area contributed by atoms with Crippen LogP contribution in [-0.2, 0) is 11.3 Å². The lowest BCUT2D eigenvalue weighted by molar-refractivity contribution is -0.119. The van der Waals surface area contributed by atoms with Crippen LogP contribution in [0.3, 0.4) is 0 Å². The SMILES string of the molecule is CC(C)C(NC(=O)CSc1nnnn1Cc1cccs1)c1ccc2c(c1)OCCCO2. The van der Waals surface area contributed by atoms with Crippen molar-refractivity contribution in [3.63, 3.8) is 0 Å². The number of fused-ring (bicyclic) bond motifs is 1. The molecule has 0 aliphatic carbocycles. The molecule has 0 saturated heterocycles. The normalized spacial score (nSPS) is 14.3. The number of carbonyl (C=O) groups is 1. The molecule has 10 heteroatoms. The topological polar surface area (TPSA) is 91.2 Å². The van der Waals surface area contributed by atoms with Gasteiger partial charge in [-0.1, -0.05) is 37.7 Å². The molecule has 1 unspecified atom stereocenters. The molecule has 1 atom stereocenters. The highest BCUT2D eigenvalue weighted by atomic mass is 32.2. The average molecular weight is 460 g/mol. The third-order valence-corrected chi connectivity index (χ3v) is 6.65. The summed E-state index contributed by atoms with van der Waals surface area (Å²) in [6, 6.07) is 9.79. The van der Waals surface area contributed by atoms with Crippen LogP contribution in [0.15, 0.2) is 40.9 Å². The number of thiophene rings is 1. The minimum absolute atomic E-state index is 0.0681. The van der Waals surface area contributed by atoms with Crippen molar-refractivity contribution in [3.8, 4) is 11.5 Å². The Morgan fingerprint density at radius 2 is 2.10 bits per heavy atom. The van der Waals surface area contributed by atoms with E-state index in [-0.39, 0.29) is 23.6 Å². The number of nitrogens with zero attached hydrogens (tertiary/aromatic N) is 4. The van der Waals surface area contributed by atoms with Gasteiger partial charge in [0.25, 0.3) is 0 Å². The van der Waals surface area contributed by atoms with Crippen molar-refractivity contribution in [2.45, 2.75) is 38.0 Å². The molecule has 0 saturated carbocycles. The summed E-state index contributed by atoms with van der Waals surface area (Å²) in [5.74, 6) is 1.86. The standard InChI is InChI=1S/C21H25N5O3S2/c1-14(2)20(15-6-7-17-18(11-15)29-9-4-8-28-17)22-19(27)13-31-21-23-24-25-26(21)12-16-5-3-10-30-16/h3,5-7,10-11,14,20H,4,8-9,12-13H2,1-2H3,(H,22,27). The molecule has 1 aromatic carbocycles. The molecular formula is C21H25N5O3S2. The van der Waals surface area contributed by atoms with E-state index in [1.165, 1.54) is 11.8 Å². The maximum atomic E-state index is 12.7. The fourth-order valence-corrected chi connectivity index (χ4v) is 4.68. The van der Waals surface area contributed by atoms with Crippen molar-refractivity contribution >= 4 is 29.0 Å². The van der Waals surface area contributed by atoms with Gasteiger partial charge in [-0.25, -0.2) is 4.68 Å². The Morgan fingerprint density at radius 3 is 2.87 bits per heavy atom. The Kier molecular flexibility index (Phi) is 7.08. The molecule has 31 heavy (non-hydrogen) atoms. The molecule has 0 radical (unpaired) electrons. The van der Waals surface area contributed by atoms with E-state index < -0.39 is 0 Å². The summed E-state index contributed by atoms with van der Waals surface area (Å²) in [6.07, 6.45) is 0.859. The maximum absolute atomic E-state index is 12.7. The zero-order valence-corrected chi connectivity index (χ0v) is 19.1. The molecule has 3 aromatic rings. The van der Waals surface area contributed by atoms with Crippen molar-refractivity contribution in [2.24, 2.45) is 5.92 Å². The highest BCUT2D eigenvalue weighted by molar-refractivity contribution is 7.99. The molecule has 8 nitrogen and oxygen atoms in total. The number of benzene rings is 1. The largest absolute Gasteiger partial charge is 0.490 e. The number of rotatable bonds is 8. The fraction of sp³-hybridized carbons (Fsp3) is 0.429. The number of ether oxygens (including phenoxy) is 2. The molecule has 0 fully saturated rings. The predicted octanol–water partition coefficient (Wildman–Crippen LogP) is 3.55. The smallest absolute Gasteiger partial charge is 0.230 e. The molecule has 1 amide bonds. The number of aromatic nitrogens is 4. The van der Waals surface area contributed by atoms with E-state index in [1.807, 2.05) is 35.7 Å². The lowest BCUT2D eigenvalue weighted by atomic mass is 9.95. The Labute approximate surface area is 189 Å². The number of thioether (sulfide) groups is 1. The van der Waals surface area contributed by atoms with Crippen LogP contribution in [0, 0.1) is 5.92 Å². The predicted molar refractivity (Wildman–Crippen MR) is 120 cm³/mol. The number of carbonyl (C=O) groups excluding carboxylic acids is 1. The molecule has 2 aromatic heterocycles. The highest BCUT2D eigenvalue weighted by Crippen LogP contribution is 2.34. The van der Waals surface area contributed by atoms with E-state index in [4.69, 9.17) is 9.47 Å². The van der Waals surface area contributed by atoms with Gasteiger partial charge < -0.3 is 14.8 Å². The van der Waals surface area contributed by atoms with E-state index in [2.05, 4.69) is 34.7 Å². The van der Waals surface area contributed by atoms with Gasteiger partial charge in [0.2, 0.25) is 11.1 Å². The Hall–Kier alpha value is -2.59. The summed E-state index contributed by atoms with van der Waals surface area (Å²) in [5.41, 5.74) is 1.00. The third kappa shape index (κ3) is 5.56. The molecule has 3 heterocycles. The van der Waals surface area contributed by atoms with Gasteiger partial charge in [-0.3, -0.25) is 4.79 Å².